The second kappa shape index (κ2) is 6.78. The monoisotopic (exact) mass is 274 g/mol. The Morgan fingerprint density at radius 2 is 1.80 bits per heavy atom. The summed E-state index contributed by atoms with van der Waals surface area (Å²) in [5.74, 6) is 1.60. The lowest BCUT2D eigenvalue weighted by Crippen LogP contribution is -2.33. The van der Waals surface area contributed by atoms with Crippen LogP contribution < -0.4 is 10.6 Å². The molecule has 2 N–H and O–H groups in total. The number of carbonyl (C=O) groups is 1. The highest BCUT2D eigenvalue weighted by Gasteiger charge is 2.25. The molecular formula is C17H26N2O. The molecule has 20 heavy (non-hydrogen) atoms. The van der Waals surface area contributed by atoms with Crippen molar-refractivity contribution in [3.05, 3.63) is 24.3 Å². The molecule has 0 bridgehead atoms. The molecule has 3 unspecified atom stereocenters. The Kier molecular flexibility index (Phi) is 5.05. The molecule has 0 spiro atoms. The SMILES string of the molecule is CCC(=O)Nc1ccc(NC2CC(C)CCC2C)cc1. The molecule has 0 heterocycles. The second-order valence-electron chi connectivity index (χ2n) is 6.13. The van der Waals surface area contributed by atoms with E-state index in [-0.39, 0.29) is 5.91 Å². The lowest BCUT2D eigenvalue weighted by atomic mass is 9.80. The van der Waals surface area contributed by atoms with E-state index in [1.165, 1.54) is 19.3 Å². The van der Waals surface area contributed by atoms with Gasteiger partial charge in [0.05, 0.1) is 0 Å². The number of hydrogen-bond donors (Lipinski definition) is 2. The summed E-state index contributed by atoms with van der Waals surface area (Å²) in [6.07, 6.45) is 4.41. The van der Waals surface area contributed by atoms with Gasteiger partial charge in [0, 0.05) is 23.8 Å². The highest BCUT2D eigenvalue weighted by molar-refractivity contribution is 5.90. The van der Waals surface area contributed by atoms with E-state index in [0.717, 1.165) is 23.2 Å². The van der Waals surface area contributed by atoms with Crippen molar-refractivity contribution in [3.8, 4) is 0 Å². The molecule has 0 aromatic heterocycles. The second-order valence-corrected chi connectivity index (χ2v) is 6.13. The number of benzene rings is 1. The van der Waals surface area contributed by atoms with Crippen LogP contribution in [0.15, 0.2) is 24.3 Å². The first-order valence-electron chi connectivity index (χ1n) is 7.75. The van der Waals surface area contributed by atoms with Gasteiger partial charge in [-0.1, -0.05) is 27.2 Å². The van der Waals surface area contributed by atoms with Crippen molar-refractivity contribution in [2.24, 2.45) is 11.8 Å². The van der Waals surface area contributed by atoms with Crippen molar-refractivity contribution in [3.63, 3.8) is 0 Å². The summed E-state index contributed by atoms with van der Waals surface area (Å²) in [4.78, 5) is 11.3. The Labute approximate surface area is 122 Å². The topological polar surface area (TPSA) is 41.1 Å². The van der Waals surface area contributed by atoms with Crippen molar-refractivity contribution in [2.75, 3.05) is 10.6 Å². The van der Waals surface area contributed by atoms with Crippen molar-refractivity contribution in [2.45, 2.75) is 52.5 Å². The van der Waals surface area contributed by atoms with E-state index in [4.69, 9.17) is 0 Å². The molecule has 1 fully saturated rings. The zero-order chi connectivity index (χ0) is 14.5. The summed E-state index contributed by atoms with van der Waals surface area (Å²) in [6, 6.07) is 8.60. The van der Waals surface area contributed by atoms with Crippen molar-refractivity contribution in [1.82, 2.24) is 0 Å². The summed E-state index contributed by atoms with van der Waals surface area (Å²) in [5, 5.41) is 6.51. The van der Waals surface area contributed by atoms with Gasteiger partial charge in [0.25, 0.3) is 0 Å². The van der Waals surface area contributed by atoms with Crippen LogP contribution in [0.5, 0.6) is 0 Å². The van der Waals surface area contributed by atoms with E-state index >= 15 is 0 Å². The van der Waals surface area contributed by atoms with Gasteiger partial charge in [-0.3, -0.25) is 4.79 Å². The fourth-order valence-electron chi connectivity index (χ4n) is 2.85. The first kappa shape index (κ1) is 14.9. The summed E-state index contributed by atoms with van der Waals surface area (Å²) in [7, 11) is 0. The largest absolute Gasteiger partial charge is 0.382 e. The molecule has 1 aromatic carbocycles. The van der Waals surface area contributed by atoms with Gasteiger partial charge in [0.2, 0.25) is 5.91 Å². The quantitative estimate of drug-likeness (QED) is 0.860. The predicted molar refractivity (Wildman–Crippen MR) is 85.0 cm³/mol. The zero-order valence-corrected chi connectivity index (χ0v) is 12.8. The predicted octanol–water partition coefficient (Wildman–Crippen LogP) is 4.27. The molecule has 1 amide bonds. The van der Waals surface area contributed by atoms with Gasteiger partial charge in [-0.2, -0.15) is 0 Å². The van der Waals surface area contributed by atoms with Crippen LogP contribution in [0.3, 0.4) is 0 Å². The minimum Gasteiger partial charge on any atom is -0.382 e. The molecule has 1 saturated carbocycles. The first-order chi connectivity index (χ1) is 9.58. The van der Waals surface area contributed by atoms with Crippen molar-refractivity contribution in [1.29, 1.82) is 0 Å². The standard InChI is InChI=1S/C17H26N2O/c1-4-17(20)19-15-9-7-14(8-10-15)18-16-11-12(2)5-6-13(16)3/h7-10,12-13,16,18H,4-6,11H2,1-3H3,(H,19,20). The molecule has 3 nitrogen and oxygen atoms in total. The van der Waals surface area contributed by atoms with E-state index in [1.807, 2.05) is 19.1 Å². The molecule has 1 aliphatic rings. The van der Waals surface area contributed by atoms with Crippen molar-refractivity contribution >= 4 is 17.3 Å². The Bertz CT molecular complexity index is 441. The number of anilines is 2. The maximum atomic E-state index is 11.3. The highest BCUT2D eigenvalue weighted by Crippen LogP contribution is 2.30. The average molecular weight is 274 g/mol. The molecule has 2 rings (SSSR count). The van der Waals surface area contributed by atoms with Crippen LogP contribution in [0.2, 0.25) is 0 Å². The minimum absolute atomic E-state index is 0.0560. The Morgan fingerprint density at radius 3 is 2.45 bits per heavy atom. The maximum absolute atomic E-state index is 11.3. The average Bonchev–Trinajstić information content (AvgIpc) is 2.45. The number of amides is 1. The molecule has 3 heteroatoms. The molecular weight excluding hydrogens is 248 g/mol. The van der Waals surface area contributed by atoms with Gasteiger partial charge in [-0.05, 0) is 48.9 Å². The molecule has 0 aliphatic heterocycles. The van der Waals surface area contributed by atoms with Crippen LogP contribution in [0.4, 0.5) is 11.4 Å². The molecule has 0 saturated heterocycles. The van der Waals surface area contributed by atoms with Crippen LogP contribution in [-0.2, 0) is 4.79 Å². The van der Waals surface area contributed by atoms with Gasteiger partial charge in [-0.15, -0.1) is 0 Å². The van der Waals surface area contributed by atoms with Gasteiger partial charge in [-0.25, -0.2) is 0 Å². The molecule has 110 valence electrons. The van der Waals surface area contributed by atoms with Crippen LogP contribution in [-0.4, -0.2) is 11.9 Å². The Balaban J connectivity index is 1.94. The van der Waals surface area contributed by atoms with E-state index < -0.39 is 0 Å². The summed E-state index contributed by atoms with van der Waals surface area (Å²) in [5.41, 5.74) is 2.01. The van der Waals surface area contributed by atoms with Gasteiger partial charge in [0.15, 0.2) is 0 Å². The maximum Gasteiger partial charge on any atom is 0.224 e. The third-order valence-corrected chi connectivity index (χ3v) is 4.30. The fourth-order valence-corrected chi connectivity index (χ4v) is 2.85. The number of nitrogens with one attached hydrogen (secondary N) is 2. The summed E-state index contributed by atoms with van der Waals surface area (Å²) < 4.78 is 0. The lowest BCUT2D eigenvalue weighted by Gasteiger charge is -2.34. The number of carbonyl (C=O) groups excluding carboxylic acids is 1. The van der Waals surface area contributed by atoms with Crippen LogP contribution >= 0.6 is 0 Å². The van der Waals surface area contributed by atoms with Gasteiger partial charge in [0.1, 0.15) is 0 Å². The number of rotatable bonds is 4. The van der Waals surface area contributed by atoms with E-state index in [9.17, 15) is 4.79 Å². The van der Waals surface area contributed by atoms with Gasteiger partial charge >= 0.3 is 0 Å². The molecule has 3 atom stereocenters. The lowest BCUT2D eigenvalue weighted by molar-refractivity contribution is -0.115. The Morgan fingerprint density at radius 1 is 1.15 bits per heavy atom. The smallest absolute Gasteiger partial charge is 0.224 e. The van der Waals surface area contributed by atoms with Gasteiger partial charge < -0.3 is 10.6 Å². The van der Waals surface area contributed by atoms with E-state index in [1.54, 1.807) is 0 Å². The summed E-state index contributed by atoms with van der Waals surface area (Å²) in [6.45, 7) is 6.53. The third-order valence-electron chi connectivity index (χ3n) is 4.30. The van der Waals surface area contributed by atoms with E-state index in [0.29, 0.717) is 12.5 Å². The van der Waals surface area contributed by atoms with Crippen molar-refractivity contribution < 1.29 is 4.79 Å². The summed E-state index contributed by atoms with van der Waals surface area (Å²) >= 11 is 0. The van der Waals surface area contributed by atoms with Crippen LogP contribution in [0.1, 0.15) is 46.5 Å². The molecule has 1 aromatic rings. The number of hydrogen-bond acceptors (Lipinski definition) is 2. The van der Waals surface area contributed by atoms with Crippen LogP contribution in [0, 0.1) is 11.8 Å². The highest BCUT2D eigenvalue weighted by atomic mass is 16.1. The Hall–Kier alpha value is -1.51. The zero-order valence-electron chi connectivity index (χ0n) is 12.8. The van der Waals surface area contributed by atoms with Crippen LogP contribution in [0.25, 0.3) is 0 Å². The third kappa shape index (κ3) is 3.99. The minimum atomic E-state index is 0.0560. The van der Waals surface area contributed by atoms with E-state index in [2.05, 4.69) is 36.6 Å². The molecule has 1 aliphatic carbocycles. The fraction of sp³-hybridized carbons (Fsp3) is 0.588. The molecule has 0 radical (unpaired) electrons. The first-order valence-corrected chi connectivity index (χ1v) is 7.75. The normalized spacial score (nSPS) is 26.1.